The first kappa shape index (κ1) is 44.7. The Morgan fingerprint density at radius 2 is 1.31 bits per heavy atom. The molecule has 0 fully saturated rings. The number of aromatic nitrogens is 3. The predicted molar refractivity (Wildman–Crippen MR) is 281 cm³/mol. The predicted octanol–water partition coefficient (Wildman–Crippen LogP) is 15.3. The maximum absolute atomic E-state index is 8.75. The van der Waals surface area contributed by atoms with Crippen molar-refractivity contribution in [3.63, 3.8) is 0 Å². The Balaban J connectivity index is 0.000000428. The Bertz CT molecular complexity index is 3300. The molecule has 0 spiro atoms. The Morgan fingerprint density at radius 1 is 0.672 bits per heavy atom. The summed E-state index contributed by atoms with van der Waals surface area (Å²) in [7, 11) is -2.05. The fourth-order valence-electron chi connectivity index (χ4n) is 8.99. The van der Waals surface area contributed by atoms with Gasteiger partial charge in [-0.3, -0.25) is 4.98 Å². The van der Waals surface area contributed by atoms with Gasteiger partial charge in [-0.2, -0.15) is 0 Å². The standard InChI is InChI=1S/C50H51N2OSi.C11H8N.Ir/c1-32(2)42-29-36(35-23-27-38(28-24-35)54(8,9)37-25-21-34(22-26-37)31-50(5,6)7)30-43(33(3)4)47(42)52-45-19-12-11-18-44(45)51-49(52)41-17-14-16-40-39-15-10-13-20-46(39)53-48(40)41;1-2-6-10(7-3-1)11-8-4-5-9-12-11;/h10-16,18-30,32-33H,31H2,1-9H3;1-6,8-9H;/q2*-1;/i31D2;;. The zero-order valence-corrected chi connectivity index (χ0v) is 43.3. The van der Waals surface area contributed by atoms with Gasteiger partial charge >= 0.3 is 0 Å². The van der Waals surface area contributed by atoms with E-state index in [1.165, 1.54) is 38.3 Å². The first-order chi connectivity index (χ1) is 32.5. The van der Waals surface area contributed by atoms with Gasteiger partial charge in [-0.25, -0.2) is 0 Å². The fraction of sp³-hybridized carbons (Fsp3) is 0.213. The first-order valence-corrected chi connectivity index (χ1v) is 26.1. The largest absolute Gasteiger partial charge is 0.501 e. The molecule has 0 aliphatic heterocycles. The first-order valence-electron chi connectivity index (χ1n) is 24.1. The summed E-state index contributed by atoms with van der Waals surface area (Å²) < 4.78 is 26.4. The van der Waals surface area contributed by atoms with Gasteiger partial charge in [-0.1, -0.05) is 174 Å². The average molecular weight is 1070 g/mol. The van der Waals surface area contributed by atoms with Crippen molar-refractivity contribution in [1.82, 2.24) is 14.5 Å². The molecule has 10 aromatic rings. The molecule has 0 aliphatic rings. The topological polar surface area (TPSA) is 43.9 Å². The Kier molecular flexibility index (Phi) is 13.0. The van der Waals surface area contributed by atoms with E-state index in [1.54, 1.807) is 6.20 Å². The van der Waals surface area contributed by atoms with Crippen LogP contribution in [0.2, 0.25) is 13.1 Å². The summed E-state index contributed by atoms with van der Waals surface area (Å²) in [6, 6.07) is 63.3. The van der Waals surface area contributed by atoms with E-state index in [0.29, 0.717) is 0 Å². The zero-order chi connectivity index (χ0) is 48.0. The summed E-state index contributed by atoms with van der Waals surface area (Å²) in [5, 5.41) is 4.80. The van der Waals surface area contributed by atoms with Crippen molar-refractivity contribution in [2.24, 2.45) is 5.41 Å². The molecule has 339 valence electrons. The smallest absolute Gasteiger partial charge is 0.120 e. The SMILES string of the molecule is [2H]C([2H])(c1ccc([Si](C)(C)c2ccc(-c3cc(C(C)C)c(-n4c(-c5[c-]ccc6c5oc5ccccc56)nc5ccccc54)c(C(C)C)c3)cc2)cc1)C(C)(C)C.[Ir].[c-]1ccccc1-c1ccccn1. The van der Waals surface area contributed by atoms with Gasteiger partial charge in [0.25, 0.3) is 0 Å². The number of pyridine rings is 1. The molecule has 7 aromatic carbocycles. The van der Waals surface area contributed by atoms with Crippen LogP contribution in [-0.2, 0) is 26.5 Å². The molecule has 0 saturated heterocycles. The molecule has 0 aliphatic carbocycles. The van der Waals surface area contributed by atoms with Crippen molar-refractivity contribution in [2.75, 3.05) is 0 Å². The van der Waals surface area contributed by atoms with Crippen LogP contribution in [0.1, 0.15) is 79.7 Å². The maximum atomic E-state index is 8.75. The van der Waals surface area contributed by atoms with E-state index in [9.17, 15) is 0 Å². The maximum Gasteiger partial charge on any atom is 0.120 e. The number of furan rings is 1. The molecule has 0 amide bonds. The number of hydrogen-bond acceptors (Lipinski definition) is 3. The van der Waals surface area contributed by atoms with E-state index >= 15 is 0 Å². The van der Waals surface area contributed by atoms with Crippen LogP contribution in [0.15, 0.2) is 174 Å². The number of imidazole rings is 1. The van der Waals surface area contributed by atoms with Gasteiger partial charge in [0.15, 0.2) is 0 Å². The summed E-state index contributed by atoms with van der Waals surface area (Å²) in [5.74, 6) is 1.30. The van der Waals surface area contributed by atoms with Crippen molar-refractivity contribution < 1.29 is 27.3 Å². The molecule has 67 heavy (non-hydrogen) atoms. The minimum atomic E-state index is -2.05. The Labute approximate surface area is 414 Å². The Hall–Kier alpha value is -6.17. The van der Waals surface area contributed by atoms with Crippen LogP contribution in [0.25, 0.3) is 72.4 Å². The number of benzene rings is 7. The number of hydrogen-bond donors (Lipinski definition) is 0. The van der Waals surface area contributed by atoms with Crippen molar-refractivity contribution >= 4 is 51.4 Å². The molecule has 3 aromatic heterocycles. The van der Waals surface area contributed by atoms with Crippen LogP contribution < -0.4 is 10.4 Å². The van der Waals surface area contributed by atoms with Gasteiger partial charge in [0.05, 0.1) is 22.4 Å². The quantitative estimate of drug-likeness (QED) is 0.107. The third-order valence-corrected chi connectivity index (χ3v) is 16.0. The molecular weight excluding hydrogens is 1010 g/mol. The second-order valence-electron chi connectivity index (χ2n) is 19.4. The van der Waals surface area contributed by atoms with Crippen LogP contribution in [-0.4, -0.2) is 22.6 Å². The van der Waals surface area contributed by atoms with E-state index in [4.69, 9.17) is 12.1 Å². The van der Waals surface area contributed by atoms with Crippen molar-refractivity contribution in [2.45, 2.75) is 79.8 Å². The van der Waals surface area contributed by atoms with Crippen molar-refractivity contribution in [3.05, 3.63) is 199 Å². The van der Waals surface area contributed by atoms with Gasteiger partial charge < -0.3 is 14.0 Å². The van der Waals surface area contributed by atoms with Crippen LogP contribution in [0.3, 0.4) is 0 Å². The van der Waals surface area contributed by atoms with Gasteiger partial charge in [0.1, 0.15) is 13.7 Å². The fourth-order valence-corrected chi connectivity index (χ4v) is 11.3. The molecule has 10 rings (SSSR count). The minimum absolute atomic E-state index is 0. The number of rotatable bonds is 9. The number of para-hydroxylation sites is 3. The van der Waals surface area contributed by atoms with Crippen LogP contribution in [0.5, 0.6) is 0 Å². The second-order valence-corrected chi connectivity index (χ2v) is 23.8. The molecule has 3 heterocycles. The molecule has 0 bridgehead atoms. The van der Waals surface area contributed by atoms with Crippen molar-refractivity contribution in [3.8, 4) is 39.5 Å². The number of fused-ring (bicyclic) bond motifs is 4. The normalized spacial score (nSPS) is 12.5. The molecule has 6 heteroatoms. The van der Waals surface area contributed by atoms with E-state index in [-0.39, 0.29) is 31.9 Å². The van der Waals surface area contributed by atoms with Gasteiger partial charge in [0, 0.05) is 40.1 Å². The van der Waals surface area contributed by atoms with E-state index in [0.717, 1.165) is 61.2 Å². The second kappa shape index (κ2) is 19.6. The summed E-state index contributed by atoms with van der Waals surface area (Å²) in [5.41, 5.74) is 12.9. The monoisotopic (exact) mass is 1070 g/mol. The van der Waals surface area contributed by atoms with Gasteiger partial charge in [-0.15, -0.1) is 54.1 Å². The van der Waals surface area contributed by atoms with Gasteiger partial charge in [0.2, 0.25) is 0 Å². The van der Waals surface area contributed by atoms with Crippen LogP contribution >= 0.6 is 0 Å². The summed E-state index contributed by atoms with van der Waals surface area (Å²) in [6.07, 6.45) is 0.377. The van der Waals surface area contributed by atoms with E-state index in [2.05, 4.69) is 153 Å². The molecule has 1 radical (unpaired) electrons. The molecule has 0 saturated carbocycles. The average Bonchev–Trinajstić information content (AvgIpc) is 3.93. The van der Waals surface area contributed by atoms with Crippen LogP contribution in [0, 0.1) is 17.5 Å². The molecule has 4 nitrogen and oxygen atoms in total. The molecule has 0 atom stereocenters. The third-order valence-electron chi connectivity index (χ3n) is 12.5. The minimum Gasteiger partial charge on any atom is -0.501 e. The molecule has 0 N–H and O–H groups in total. The van der Waals surface area contributed by atoms with E-state index < -0.39 is 19.9 Å². The van der Waals surface area contributed by atoms with Crippen molar-refractivity contribution in [1.29, 1.82) is 0 Å². The Morgan fingerprint density at radius 3 is 1.96 bits per heavy atom. The number of nitrogens with zero attached hydrogens (tertiary/aromatic N) is 3. The summed E-state index contributed by atoms with van der Waals surface area (Å²) in [6.45, 7) is 19.8. The molecule has 0 unspecified atom stereocenters. The summed E-state index contributed by atoms with van der Waals surface area (Å²) >= 11 is 0. The van der Waals surface area contributed by atoms with Gasteiger partial charge in [-0.05, 0) is 93.5 Å². The van der Waals surface area contributed by atoms with E-state index in [1.807, 2.05) is 93.6 Å². The third kappa shape index (κ3) is 9.81. The molecular formula is C61H59IrN3OSi-2. The van der Waals surface area contributed by atoms with Crippen LogP contribution in [0.4, 0.5) is 0 Å². The summed E-state index contributed by atoms with van der Waals surface area (Å²) in [4.78, 5) is 9.52. The zero-order valence-electron chi connectivity index (χ0n) is 41.9.